The Labute approximate surface area is 105 Å². The SMILES string of the molecule is CCCSc1nn(C(C)CC)c(N)c1C(=O)O. The van der Waals surface area contributed by atoms with Crippen molar-refractivity contribution in [3.05, 3.63) is 5.56 Å². The van der Waals surface area contributed by atoms with Crippen molar-refractivity contribution in [1.29, 1.82) is 0 Å². The van der Waals surface area contributed by atoms with Crippen molar-refractivity contribution < 1.29 is 9.90 Å². The lowest BCUT2D eigenvalue weighted by Gasteiger charge is -2.10. The Hall–Kier alpha value is -1.17. The lowest BCUT2D eigenvalue weighted by atomic mass is 10.2. The highest BCUT2D eigenvalue weighted by Gasteiger charge is 2.23. The maximum absolute atomic E-state index is 11.2. The second-order valence-corrected chi connectivity index (χ2v) is 5.00. The summed E-state index contributed by atoms with van der Waals surface area (Å²) in [5.74, 6) is 0.0955. The molecule has 1 aromatic rings. The summed E-state index contributed by atoms with van der Waals surface area (Å²) in [5.41, 5.74) is 6.00. The molecule has 0 bridgehead atoms. The quantitative estimate of drug-likeness (QED) is 0.766. The van der Waals surface area contributed by atoms with E-state index >= 15 is 0 Å². The normalized spacial score (nSPS) is 12.6. The number of anilines is 1. The number of rotatable bonds is 6. The number of thioether (sulfide) groups is 1. The van der Waals surface area contributed by atoms with Crippen LogP contribution in [0.1, 0.15) is 50.0 Å². The number of aromatic nitrogens is 2. The van der Waals surface area contributed by atoms with E-state index in [0.29, 0.717) is 5.03 Å². The highest BCUT2D eigenvalue weighted by molar-refractivity contribution is 7.99. The van der Waals surface area contributed by atoms with Crippen molar-refractivity contribution in [3.63, 3.8) is 0 Å². The molecule has 0 spiro atoms. The Morgan fingerprint density at radius 2 is 2.24 bits per heavy atom. The van der Waals surface area contributed by atoms with E-state index in [9.17, 15) is 4.79 Å². The van der Waals surface area contributed by atoms with Gasteiger partial charge in [0.1, 0.15) is 16.4 Å². The van der Waals surface area contributed by atoms with Gasteiger partial charge >= 0.3 is 5.97 Å². The molecular weight excluding hydrogens is 238 g/mol. The first kappa shape index (κ1) is 13.9. The van der Waals surface area contributed by atoms with Crippen LogP contribution >= 0.6 is 11.8 Å². The fourth-order valence-electron chi connectivity index (χ4n) is 1.44. The van der Waals surface area contributed by atoms with Gasteiger partial charge in [0, 0.05) is 0 Å². The molecule has 1 atom stereocenters. The van der Waals surface area contributed by atoms with Crippen LogP contribution < -0.4 is 5.73 Å². The number of carboxylic acid groups (broad SMARTS) is 1. The molecule has 1 rings (SSSR count). The minimum absolute atomic E-state index is 0.115. The third kappa shape index (κ3) is 2.94. The van der Waals surface area contributed by atoms with Crippen LogP contribution in [0.4, 0.5) is 5.82 Å². The fourth-order valence-corrected chi connectivity index (χ4v) is 2.31. The highest BCUT2D eigenvalue weighted by Crippen LogP contribution is 2.29. The van der Waals surface area contributed by atoms with Gasteiger partial charge in [-0.1, -0.05) is 13.8 Å². The Morgan fingerprint density at radius 3 is 2.71 bits per heavy atom. The number of carboxylic acids is 1. The first-order chi connectivity index (χ1) is 8.02. The molecule has 3 N–H and O–H groups in total. The maximum atomic E-state index is 11.2. The molecule has 0 fully saturated rings. The zero-order valence-electron chi connectivity index (χ0n) is 10.4. The summed E-state index contributed by atoms with van der Waals surface area (Å²) in [6.07, 6.45) is 1.84. The van der Waals surface area contributed by atoms with Crippen LogP contribution in [0.25, 0.3) is 0 Å². The number of nitrogens with zero attached hydrogens (tertiary/aromatic N) is 2. The monoisotopic (exact) mass is 257 g/mol. The summed E-state index contributed by atoms with van der Waals surface area (Å²) in [7, 11) is 0. The van der Waals surface area contributed by atoms with Gasteiger partial charge in [0.25, 0.3) is 0 Å². The maximum Gasteiger partial charge on any atom is 0.342 e. The summed E-state index contributed by atoms with van der Waals surface area (Å²) in [6, 6.07) is 0.115. The Morgan fingerprint density at radius 1 is 1.59 bits per heavy atom. The van der Waals surface area contributed by atoms with E-state index in [0.717, 1.165) is 18.6 Å². The van der Waals surface area contributed by atoms with Gasteiger partial charge in [-0.3, -0.25) is 0 Å². The van der Waals surface area contributed by atoms with Crippen molar-refractivity contribution in [2.75, 3.05) is 11.5 Å². The molecule has 0 saturated carbocycles. The van der Waals surface area contributed by atoms with Crippen molar-refractivity contribution in [1.82, 2.24) is 9.78 Å². The molecule has 17 heavy (non-hydrogen) atoms. The number of carbonyl (C=O) groups is 1. The lowest BCUT2D eigenvalue weighted by molar-refractivity contribution is 0.0694. The van der Waals surface area contributed by atoms with E-state index in [2.05, 4.69) is 5.10 Å². The van der Waals surface area contributed by atoms with E-state index in [4.69, 9.17) is 10.8 Å². The van der Waals surface area contributed by atoms with Crippen LogP contribution in [0.2, 0.25) is 0 Å². The standard InChI is InChI=1S/C11H19N3O2S/c1-4-6-17-10-8(11(15)16)9(12)14(13-10)7(3)5-2/h7H,4-6,12H2,1-3H3,(H,15,16). The first-order valence-corrected chi connectivity index (χ1v) is 6.75. The second-order valence-electron chi connectivity index (χ2n) is 3.92. The lowest BCUT2D eigenvalue weighted by Crippen LogP contribution is -2.10. The molecule has 5 nitrogen and oxygen atoms in total. The van der Waals surface area contributed by atoms with E-state index in [-0.39, 0.29) is 17.4 Å². The number of aromatic carboxylic acids is 1. The van der Waals surface area contributed by atoms with Crippen LogP contribution in [0.15, 0.2) is 5.03 Å². The number of hydrogen-bond acceptors (Lipinski definition) is 4. The van der Waals surface area contributed by atoms with E-state index in [1.54, 1.807) is 4.68 Å². The van der Waals surface area contributed by atoms with E-state index < -0.39 is 5.97 Å². The van der Waals surface area contributed by atoms with Crippen molar-refractivity contribution >= 4 is 23.5 Å². The molecule has 0 aromatic carbocycles. The van der Waals surface area contributed by atoms with Crippen LogP contribution in [0, 0.1) is 0 Å². The smallest absolute Gasteiger partial charge is 0.342 e. The predicted octanol–water partition coefficient (Wildman–Crippen LogP) is 2.64. The third-order valence-corrected chi connectivity index (χ3v) is 3.75. The number of hydrogen-bond donors (Lipinski definition) is 2. The Kier molecular flexibility index (Phi) is 4.86. The molecule has 96 valence electrons. The molecule has 1 aromatic heterocycles. The van der Waals surface area contributed by atoms with E-state index in [1.165, 1.54) is 11.8 Å². The fraction of sp³-hybridized carbons (Fsp3) is 0.636. The predicted molar refractivity (Wildman–Crippen MR) is 69.6 cm³/mol. The van der Waals surface area contributed by atoms with Crippen LogP contribution in [0.3, 0.4) is 0 Å². The molecule has 0 aliphatic rings. The molecule has 1 heterocycles. The van der Waals surface area contributed by atoms with Gasteiger partial charge in [-0.15, -0.1) is 11.8 Å². The minimum Gasteiger partial charge on any atom is -0.477 e. The molecular formula is C11H19N3O2S. The summed E-state index contributed by atoms with van der Waals surface area (Å²) in [5, 5.41) is 14.0. The average Bonchev–Trinajstić information content (AvgIpc) is 2.62. The third-order valence-electron chi connectivity index (χ3n) is 2.58. The van der Waals surface area contributed by atoms with Gasteiger partial charge in [-0.05, 0) is 25.5 Å². The van der Waals surface area contributed by atoms with Crippen LogP contribution in [-0.4, -0.2) is 26.6 Å². The van der Waals surface area contributed by atoms with Gasteiger partial charge in [-0.2, -0.15) is 5.10 Å². The van der Waals surface area contributed by atoms with Gasteiger partial charge < -0.3 is 10.8 Å². The van der Waals surface area contributed by atoms with Gasteiger partial charge in [0.05, 0.1) is 6.04 Å². The molecule has 1 unspecified atom stereocenters. The molecule has 0 aliphatic carbocycles. The summed E-state index contributed by atoms with van der Waals surface area (Å²) in [4.78, 5) is 11.2. The van der Waals surface area contributed by atoms with Crippen LogP contribution in [-0.2, 0) is 0 Å². The minimum atomic E-state index is -1.00. The molecule has 0 radical (unpaired) electrons. The highest BCUT2D eigenvalue weighted by atomic mass is 32.2. The largest absolute Gasteiger partial charge is 0.477 e. The summed E-state index contributed by atoms with van der Waals surface area (Å²) < 4.78 is 1.61. The van der Waals surface area contributed by atoms with Crippen molar-refractivity contribution in [2.45, 2.75) is 44.7 Å². The zero-order valence-corrected chi connectivity index (χ0v) is 11.3. The zero-order chi connectivity index (χ0) is 13.0. The molecule has 0 aliphatic heterocycles. The molecule has 0 saturated heterocycles. The number of nitrogens with two attached hydrogens (primary N) is 1. The summed E-state index contributed by atoms with van der Waals surface area (Å²) in [6.45, 7) is 6.04. The van der Waals surface area contributed by atoms with Gasteiger partial charge in [0.2, 0.25) is 0 Å². The molecule has 0 amide bonds. The number of nitrogen functional groups attached to an aromatic ring is 1. The Balaban J connectivity index is 3.15. The van der Waals surface area contributed by atoms with Crippen LogP contribution in [0.5, 0.6) is 0 Å². The average molecular weight is 257 g/mol. The van der Waals surface area contributed by atoms with Crippen molar-refractivity contribution in [3.8, 4) is 0 Å². The molecule has 6 heteroatoms. The van der Waals surface area contributed by atoms with Gasteiger partial charge in [-0.25, -0.2) is 9.48 Å². The Bertz CT molecular complexity index is 404. The van der Waals surface area contributed by atoms with E-state index in [1.807, 2.05) is 20.8 Å². The topological polar surface area (TPSA) is 81.1 Å². The van der Waals surface area contributed by atoms with Crippen molar-refractivity contribution in [2.24, 2.45) is 0 Å². The first-order valence-electron chi connectivity index (χ1n) is 5.76. The second kappa shape index (κ2) is 5.95. The summed E-state index contributed by atoms with van der Waals surface area (Å²) >= 11 is 1.45. The van der Waals surface area contributed by atoms with Gasteiger partial charge in [0.15, 0.2) is 0 Å².